The van der Waals surface area contributed by atoms with E-state index >= 15 is 0 Å². The summed E-state index contributed by atoms with van der Waals surface area (Å²) in [4.78, 5) is 6.78. The van der Waals surface area contributed by atoms with Crippen molar-refractivity contribution in [3.05, 3.63) is 35.4 Å². The van der Waals surface area contributed by atoms with Crippen LogP contribution in [-0.2, 0) is 13.1 Å². The van der Waals surface area contributed by atoms with Gasteiger partial charge in [-0.2, -0.15) is 0 Å². The normalized spacial score (nSPS) is 17.5. The first-order valence-electron chi connectivity index (χ1n) is 11.1. The van der Waals surface area contributed by atoms with Crippen molar-refractivity contribution in [2.75, 3.05) is 26.7 Å². The summed E-state index contributed by atoms with van der Waals surface area (Å²) in [6.07, 6.45) is 6.75. The van der Waals surface area contributed by atoms with Gasteiger partial charge in [-0.3, -0.25) is 9.89 Å². The van der Waals surface area contributed by atoms with Gasteiger partial charge < -0.3 is 15.7 Å². The molecule has 3 N–H and O–H groups in total. The van der Waals surface area contributed by atoms with Gasteiger partial charge in [0.25, 0.3) is 0 Å². The number of guanidine groups is 1. The van der Waals surface area contributed by atoms with Crippen molar-refractivity contribution in [2.45, 2.75) is 71.6 Å². The molecule has 2 rings (SSSR count). The van der Waals surface area contributed by atoms with Gasteiger partial charge in [-0.15, -0.1) is 0 Å². The van der Waals surface area contributed by atoms with Crippen molar-refractivity contribution in [3.63, 3.8) is 0 Å². The molecule has 1 saturated heterocycles. The standard InChI is InChI=1S/C23H40N4O/c1-4-6-7-19(5-2)16-25-23(24-3)26-17-20-8-10-21(11-9-20)18-27-14-12-22(28)13-15-27/h8-11,19,22,28H,4-7,12-18H2,1-3H3,(H2,24,25,26). The fraction of sp³-hybridized carbons (Fsp3) is 0.696. The van der Waals surface area contributed by atoms with Crippen LogP contribution in [0.15, 0.2) is 29.3 Å². The number of hydrogen-bond donors (Lipinski definition) is 3. The minimum absolute atomic E-state index is 0.105. The lowest BCUT2D eigenvalue weighted by molar-refractivity contribution is 0.0792. The summed E-state index contributed by atoms with van der Waals surface area (Å²) in [6, 6.07) is 8.83. The van der Waals surface area contributed by atoms with Gasteiger partial charge >= 0.3 is 0 Å². The Labute approximate surface area is 171 Å². The van der Waals surface area contributed by atoms with Crippen LogP contribution >= 0.6 is 0 Å². The largest absolute Gasteiger partial charge is 0.393 e. The molecule has 5 heteroatoms. The van der Waals surface area contributed by atoms with E-state index in [2.05, 4.69) is 58.6 Å². The Balaban J connectivity index is 1.73. The Morgan fingerprint density at radius 1 is 1.14 bits per heavy atom. The second-order valence-corrected chi connectivity index (χ2v) is 8.05. The molecule has 1 unspecified atom stereocenters. The Kier molecular flexibility index (Phi) is 10.4. The molecule has 5 nitrogen and oxygen atoms in total. The van der Waals surface area contributed by atoms with Crippen LogP contribution in [0.3, 0.4) is 0 Å². The number of nitrogens with zero attached hydrogens (tertiary/aromatic N) is 2. The molecule has 1 atom stereocenters. The number of likely N-dealkylation sites (tertiary alicyclic amines) is 1. The van der Waals surface area contributed by atoms with E-state index in [0.29, 0.717) is 5.92 Å². The number of aliphatic hydroxyl groups is 1. The second kappa shape index (κ2) is 12.8. The van der Waals surface area contributed by atoms with E-state index in [1.165, 1.54) is 36.8 Å². The van der Waals surface area contributed by atoms with Crippen molar-refractivity contribution < 1.29 is 5.11 Å². The summed E-state index contributed by atoms with van der Waals surface area (Å²) in [5.41, 5.74) is 2.60. The van der Waals surface area contributed by atoms with E-state index in [-0.39, 0.29) is 6.10 Å². The van der Waals surface area contributed by atoms with E-state index in [9.17, 15) is 5.11 Å². The summed E-state index contributed by atoms with van der Waals surface area (Å²) in [5.74, 6) is 1.60. The second-order valence-electron chi connectivity index (χ2n) is 8.05. The van der Waals surface area contributed by atoms with Crippen LogP contribution in [-0.4, -0.2) is 48.8 Å². The van der Waals surface area contributed by atoms with E-state index in [4.69, 9.17) is 0 Å². The zero-order valence-corrected chi connectivity index (χ0v) is 18.1. The molecule has 1 aliphatic heterocycles. The van der Waals surface area contributed by atoms with E-state index in [1.54, 1.807) is 0 Å². The van der Waals surface area contributed by atoms with Crippen LogP contribution in [0.25, 0.3) is 0 Å². The Bertz CT molecular complexity index is 564. The summed E-state index contributed by atoms with van der Waals surface area (Å²) < 4.78 is 0. The average molecular weight is 389 g/mol. The fourth-order valence-corrected chi connectivity index (χ4v) is 3.69. The van der Waals surface area contributed by atoms with Crippen LogP contribution in [0.5, 0.6) is 0 Å². The van der Waals surface area contributed by atoms with Gasteiger partial charge in [0.2, 0.25) is 0 Å². The van der Waals surface area contributed by atoms with Crippen LogP contribution in [0.4, 0.5) is 0 Å². The van der Waals surface area contributed by atoms with Crippen molar-refractivity contribution in [1.29, 1.82) is 0 Å². The summed E-state index contributed by atoms with van der Waals surface area (Å²) >= 11 is 0. The lowest BCUT2D eigenvalue weighted by Gasteiger charge is -2.29. The molecule has 0 saturated carbocycles. The maximum Gasteiger partial charge on any atom is 0.191 e. The summed E-state index contributed by atoms with van der Waals surface area (Å²) in [7, 11) is 1.83. The highest BCUT2D eigenvalue weighted by molar-refractivity contribution is 5.79. The summed E-state index contributed by atoms with van der Waals surface area (Å²) in [5, 5.41) is 16.5. The minimum atomic E-state index is -0.105. The van der Waals surface area contributed by atoms with Gasteiger partial charge in [0.1, 0.15) is 0 Å². The van der Waals surface area contributed by atoms with Gasteiger partial charge in [-0.1, -0.05) is 57.4 Å². The molecule has 0 spiro atoms. The molecule has 158 valence electrons. The van der Waals surface area contributed by atoms with Crippen LogP contribution in [0, 0.1) is 5.92 Å². The Morgan fingerprint density at radius 3 is 2.43 bits per heavy atom. The maximum absolute atomic E-state index is 9.63. The van der Waals surface area contributed by atoms with Crippen LogP contribution in [0.2, 0.25) is 0 Å². The predicted octanol–water partition coefficient (Wildman–Crippen LogP) is 3.52. The number of hydrogen-bond acceptors (Lipinski definition) is 3. The van der Waals surface area contributed by atoms with Crippen molar-refractivity contribution >= 4 is 5.96 Å². The molecule has 0 amide bonds. The lowest BCUT2D eigenvalue weighted by atomic mass is 9.99. The van der Waals surface area contributed by atoms with E-state index in [0.717, 1.165) is 51.5 Å². The van der Waals surface area contributed by atoms with Crippen molar-refractivity contribution in [3.8, 4) is 0 Å². The van der Waals surface area contributed by atoms with E-state index < -0.39 is 0 Å². The predicted molar refractivity (Wildman–Crippen MR) is 118 cm³/mol. The number of aliphatic imine (C=N–C) groups is 1. The molecular weight excluding hydrogens is 348 g/mol. The maximum atomic E-state index is 9.63. The molecule has 1 aromatic rings. The molecule has 1 fully saturated rings. The third-order valence-electron chi connectivity index (χ3n) is 5.77. The highest BCUT2D eigenvalue weighted by atomic mass is 16.3. The first-order valence-corrected chi connectivity index (χ1v) is 11.1. The van der Waals surface area contributed by atoms with Crippen molar-refractivity contribution in [2.24, 2.45) is 10.9 Å². The monoisotopic (exact) mass is 388 g/mol. The SMILES string of the molecule is CCCCC(CC)CNC(=NC)NCc1ccc(CN2CCC(O)CC2)cc1. The van der Waals surface area contributed by atoms with Crippen molar-refractivity contribution in [1.82, 2.24) is 15.5 Å². The molecule has 1 heterocycles. The first kappa shape index (κ1) is 22.7. The third-order valence-corrected chi connectivity index (χ3v) is 5.77. The minimum Gasteiger partial charge on any atom is -0.393 e. The highest BCUT2D eigenvalue weighted by Crippen LogP contribution is 2.14. The molecule has 0 bridgehead atoms. The number of nitrogens with one attached hydrogen (secondary N) is 2. The number of piperidine rings is 1. The fourth-order valence-electron chi connectivity index (χ4n) is 3.69. The molecule has 0 aliphatic carbocycles. The number of aliphatic hydroxyl groups excluding tert-OH is 1. The smallest absolute Gasteiger partial charge is 0.191 e. The zero-order valence-electron chi connectivity index (χ0n) is 18.1. The number of rotatable bonds is 10. The molecule has 28 heavy (non-hydrogen) atoms. The number of unbranched alkanes of at least 4 members (excludes halogenated alkanes) is 1. The average Bonchev–Trinajstić information content (AvgIpc) is 2.73. The van der Waals surface area contributed by atoms with Gasteiger partial charge in [-0.25, -0.2) is 0 Å². The zero-order chi connectivity index (χ0) is 20.2. The summed E-state index contributed by atoms with van der Waals surface area (Å²) in [6.45, 7) is 9.24. The molecular formula is C23H40N4O. The van der Waals surface area contributed by atoms with Gasteiger partial charge in [0.15, 0.2) is 5.96 Å². The highest BCUT2D eigenvalue weighted by Gasteiger charge is 2.16. The van der Waals surface area contributed by atoms with Crippen LogP contribution < -0.4 is 10.6 Å². The molecule has 0 radical (unpaired) electrons. The molecule has 1 aliphatic rings. The van der Waals surface area contributed by atoms with Gasteiger partial charge in [-0.05, 0) is 36.3 Å². The number of benzene rings is 1. The topological polar surface area (TPSA) is 59.9 Å². The van der Waals surface area contributed by atoms with Gasteiger partial charge in [0.05, 0.1) is 6.10 Å². The third kappa shape index (κ3) is 8.19. The Hall–Kier alpha value is -1.59. The molecule has 1 aromatic carbocycles. The Morgan fingerprint density at radius 2 is 1.82 bits per heavy atom. The molecule has 0 aromatic heterocycles. The lowest BCUT2D eigenvalue weighted by Crippen LogP contribution is -2.39. The van der Waals surface area contributed by atoms with Gasteiger partial charge in [0, 0.05) is 39.8 Å². The first-order chi connectivity index (χ1) is 13.6. The quantitative estimate of drug-likeness (QED) is 0.424. The van der Waals surface area contributed by atoms with E-state index in [1.807, 2.05) is 7.05 Å². The van der Waals surface area contributed by atoms with Crippen LogP contribution in [0.1, 0.15) is 63.5 Å².